The van der Waals surface area contributed by atoms with Gasteiger partial charge in [-0.1, -0.05) is 18.2 Å². The van der Waals surface area contributed by atoms with E-state index in [-0.39, 0.29) is 11.5 Å². The first-order valence-electron chi connectivity index (χ1n) is 7.67. The van der Waals surface area contributed by atoms with Crippen LogP contribution in [-0.2, 0) is 7.05 Å². The summed E-state index contributed by atoms with van der Waals surface area (Å²) in [7, 11) is 1.77. The van der Waals surface area contributed by atoms with Crippen LogP contribution >= 0.6 is 0 Å². The van der Waals surface area contributed by atoms with Crippen molar-refractivity contribution in [3.63, 3.8) is 0 Å². The maximum atomic E-state index is 12.5. The molecule has 3 rings (SSSR count). The largest absolute Gasteiger partial charge is 0.279 e. The van der Waals surface area contributed by atoms with E-state index in [0.29, 0.717) is 16.8 Å². The summed E-state index contributed by atoms with van der Waals surface area (Å²) in [5, 5.41) is 3.96. The van der Waals surface area contributed by atoms with Crippen molar-refractivity contribution < 1.29 is 4.79 Å². The highest BCUT2D eigenvalue weighted by molar-refractivity contribution is 5.94. The van der Waals surface area contributed by atoms with Gasteiger partial charge in [0.05, 0.1) is 23.2 Å². The van der Waals surface area contributed by atoms with Gasteiger partial charge in [0, 0.05) is 25.0 Å². The molecule has 0 atom stereocenters. The van der Waals surface area contributed by atoms with E-state index >= 15 is 0 Å². The number of hydrogen-bond acceptors (Lipinski definition) is 4. The molecule has 2 heterocycles. The molecule has 25 heavy (non-hydrogen) atoms. The summed E-state index contributed by atoms with van der Waals surface area (Å²) in [6.45, 7) is 1.73. The molecule has 7 heteroatoms. The van der Waals surface area contributed by atoms with Crippen molar-refractivity contribution >= 4 is 12.1 Å². The zero-order valence-corrected chi connectivity index (χ0v) is 13.9. The molecule has 0 unspecified atom stereocenters. The summed E-state index contributed by atoms with van der Waals surface area (Å²) in [5.74, 6) is -0.366. The SMILES string of the molecule is Cc1c(/C=N\NC(=O)c2cccnc2)n(C)n(-c2ccccc2)c1=O. The number of pyridine rings is 1. The molecule has 7 nitrogen and oxygen atoms in total. The Bertz CT molecular complexity index is 972. The molecule has 0 saturated heterocycles. The zero-order chi connectivity index (χ0) is 17.8. The normalized spacial score (nSPS) is 11.0. The molecule has 0 radical (unpaired) electrons. The predicted octanol–water partition coefficient (Wildman–Crippen LogP) is 1.64. The Morgan fingerprint density at radius 3 is 2.64 bits per heavy atom. The van der Waals surface area contributed by atoms with Crippen LogP contribution in [0.5, 0.6) is 0 Å². The van der Waals surface area contributed by atoms with Crippen LogP contribution in [0.15, 0.2) is 64.8 Å². The van der Waals surface area contributed by atoms with Gasteiger partial charge in [-0.05, 0) is 31.2 Å². The molecule has 0 saturated carbocycles. The molecular weight excluding hydrogens is 318 g/mol. The lowest BCUT2D eigenvalue weighted by atomic mass is 10.3. The van der Waals surface area contributed by atoms with E-state index in [2.05, 4.69) is 15.5 Å². The fourth-order valence-corrected chi connectivity index (χ4v) is 2.51. The molecule has 0 fully saturated rings. The van der Waals surface area contributed by atoms with Crippen molar-refractivity contribution in [1.82, 2.24) is 19.8 Å². The van der Waals surface area contributed by atoms with Gasteiger partial charge in [0.1, 0.15) is 0 Å². The molecule has 3 aromatic rings. The standard InChI is InChI=1S/C18H17N5O2/c1-13-16(12-20-21-17(24)14-7-6-10-19-11-14)22(2)23(18(13)25)15-8-4-3-5-9-15/h3-12H,1-2H3,(H,21,24)/b20-12-. The maximum absolute atomic E-state index is 12.5. The first kappa shape index (κ1) is 16.4. The van der Waals surface area contributed by atoms with Gasteiger partial charge in [-0.3, -0.25) is 19.3 Å². The number of hydrogen-bond donors (Lipinski definition) is 1. The molecule has 0 aliphatic rings. The van der Waals surface area contributed by atoms with Gasteiger partial charge in [0.15, 0.2) is 0 Å². The van der Waals surface area contributed by atoms with Crippen molar-refractivity contribution in [2.75, 3.05) is 0 Å². The van der Waals surface area contributed by atoms with Crippen LogP contribution in [0.1, 0.15) is 21.6 Å². The van der Waals surface area contributed by atoms with Crippen molar-refractivity contribution in [2.45, 2.75) is 6.92 Å². The van der Waals surface area contributed by atoms with E-state index < -0.39 is 0 Å². The quantitative estimate of drug-likeness (QED) is 0.581. The monoisotopic (exact) mass is 335 g/mol. The minimum Gasteiger partial charge on any atom is -0.279 e. The molecule has 1 N–H and O–H groups in total. The lowest BCUT2D eigenvalue weighted by Crippen LogP contribution is -2.20. The summed E-state index contributed by atoms with van der Waals surface area (Å²) < 4.78 is 3.26. The van der Waals surface area contributed by atoms with Crippen molar-refractivity contribution in [3.8, 4) is 5.69 Å². The van der Waals surface area contributed by atoms with Crippen molar-refractivity contribution in [2.24, 2.45) is 12.1 Å². The van der Waals surface area contributed by atoms with Gasteiger partial charge in [-0.2, -0.15) is 5.10 Å². The Balaban J connectivity index is 1.86. The van der Waals surface area contributed by atoms with Crippen molar-refractivity contribution in [3.05, 3.63) is 82.0 Å². The first-order valence-corrected chi connectivity index (χ1v) is 7.67. The molecule has 0 aliphatic carbocycles. The first-order chi connectivity index (χ1) is 12.1. The molecule has 1 aromatic carbocycles. The summed E-state index contributed by atoms with van der Waals surface area (Å²) >= 11 is 0. The van der Waals surface area contributed by atoms with E-state index in [1.54, 1.807) is 41.7 Å². The number of rotatable bonds is 4. The van der Waals surface area contributed by atoms with Gasteiger partial charge < -0.3 is 0 Å². The van der Waals surface area contributed by atoms with Gasteiger partial charge in [0.25, 0.3) is 11.5 Å². The number of carbonyl (C=O) groups excluding carboxylic acids is 1. The van der Waals surface area contributed by atoms with Gasteiger partial charge in [-0.25, -0.2) is 10.1 Å². The van der Waals surface area contributed by atoms with E-state index in [0.717, 1.165) is 5.69 Å². The van der Waals surface area contributed by atoms with Crippen LogP contribution in [0.3, 0.4) is 0 Å². The second-order valence-corrected chi connectivity index (χ2v) is 5.43. The lowest BCUT2D eigenvalue weighted by molar-refractivity contribution is 0.0954. The van der Waals surface area contributed by atoms with Gasteiger partial charge >= 0.3 is 0 Å². The third-order valence-electron chi connectivity index (χ3n) is 3.82. The third-order valence-corrected chi connectivity index (χ3v) is 3.82. The number of amides is 1. The fraction of sp³-hybridized carbons (Fsp3) is 0.111. The lowest BCUT2D eigenvalue weighted by Gasteiger charge is -2.07. The average molecular weight is 335 g/mol. The number of aromatic nitrogens is 3. The van der Waals surface area contributed by atoms with Crippen LogP contribution in [0.2, 0.25) is 0 Å². The minimum absolute atomic E-state index is 0.131. The number of nitrogens with one attached hydrogen (secondary N) is 1. The van der Waals surface area contributed by atoms with Gasteiger partial charge in [0.2, 0.25) is 0 Å². The Morgan fingerprint density at radius 1 is 1.20 bits per heavy atom. The zero-order valence-electron chi connectivity index (χ0n) is 13.9. The number of hydrazone groups is 1. The topological polar surface area (TPSA) is 81.3 Å². The smallest absolute Gasteiger partial charge is 0.274 e. The predicted molar refractivity (Wildman–Crippen MR) is 95.0 cm³/mol. The number of carbonyl (C=O) groups is 1. The Hall–Kier alpha value is -3.48. The van der Waals surface area contributed by atoms with Crippen LogP contribution in [0, 0.1) is 6.92 Å². The molecular formula is C18H17N5O2. The van der Waals surface area contributed by atoms with Crippen LogP contribution in [-0.4, -0.2) is 26.5 Å². The minimum atomic E-state index is -0.366. The van der Waals surface area contributed by atoms with Crippen LogP contribution in [0.25, 0.3) is 5.69 Å². The van der Waals surface area contributed by atoms with E-state index in [1.165, 1.54) is 12.4 Å². The van der Waals surface area contributed by atoms with Crippen LogP contribution in [0.4, 0.5) is 0 Å². The maximum Gasteiger partial charge on any atom is 0.274 e. The molecule has 1 amide bonds. The second-order valence-electron chi connectivity index (χ2n) is 5.43. The van der Waals surface area contributed by atoms with Crippen molar-refractivity contribution in [1.29, 1.82) is 0 Å². The fourth-order valence-electron chi connectivity index (χ4n) is 2.51. The average Bonchev–Trinajstić information content (AvgIpc) is 2.86. The van der Waals surface area contributed by atoms with Crippen LogP contribution < -0.4 is 11.0 Å². The highest BCUT2D eigenvalue weighted by Gasteiger charge is 2.14. The highest BCUT2D eigenvalue weighted by Crippen LogP contribution is 2.08. The Morgan fingerprint density at radius 2 is 1.96 bits per heavy atom. The van der Waals surface area contributed by atoms with E-state index in [4.69, 9.17) is 0 Å². The Labute approximate surface area is 144 Å². The molecule has 2 aromatic heterocycles. The van der Waals surface area contributed by atoms with E-state index in [9.17, 15) is 9.59 Å². The summed E-state index contributed by atoms with van der Waals surface area (Å²) in [6.07, 6.45) is 4.51. The molecule has 126 valence electrons. The van der Waals surface area contributed by atoms with E-state index in [1.807, 2.05) is 30.3 Å². The number of para-hydroxylation sites is 1. The third kappa shape index (κ3) is 3.25. The molecule has 0 spiro atoms. The number of nitrogens with zero attached hydrogens (tertiary/aromatic N) is 4. The number of benzene rings is 1. The molecule has 0 bridgehead atoms. The summed E-state index contributed by atoms with van der Waals surface area (Å²) in [4.78, 5) is 28.4. The van der Waals surface area contributed by atoms with Gasteiger partial charge in [-0.15, -0.1) is 0 Å². The molecule has 0 aliphatic heterocycles. The summed E-state index contributed by atoms with van der Waals surface area (Å²) in [5.41, 5.74) is 4.63. The highest BCUT2D eigenvalue weighted by atomic mass is 16.2. The Kier molecular flexibility index (Phi) is 4.56. The summed E-state index contributed by atoms with van der Waals surface area (Å²) in [6, 6.07) is 12.6. The second kappa shape index (κ2) is 6.96.